The van der Waals surface area contributed by atoms with Crippen molar-refractivity contribution >= 4 is 11.8 Å². The monoisotopic (exact) mass is 392 g/mol. The average Bonchev–Trinajstić information content (AvgIpc) is 3.21. The molecule has 0 saturated carbocycles. The molecule has 0 bridgehead atoms. The first-order valence-electron chi connectivity index (χ1n) is 8.74. The standard InChI is InChI=1S/C22H17FN2O2S/c23-19-10-12-20(13-11-19)26-14-21-24-25-22(27-21)28-15-16-6-8-18(9-7-16)17-4-2-1-3-5-17/h1-13H,14-15H2. The van der Waals surface area contributed by atoms with Gasteiger partial charge >= 0.3 is 0 Å². The number of aromatic nitrogens is 2. The molecule has 6 heteroatoms. The number of hydrogen-bond donors (Lipinski definition) is 0. The van der Waals surface area contributed by atoms with E-state index in [1.54, 1.807) is 12.1 Å². The molecule has 0 fully saturated rings. The molecular weight excluding hydrogens is 375 g/mol. The summed E-state index contributed by atoms with van der Waals surface area (Å²) in [6, 6.07) is 24.5. The molecular formula is C22H17FN2O2S. The molecule has 0 saturated heterocycles. The van der Waals surface area contributed by atoms with E-state index in [4.69, 9.17) is 9.15 Å². The minimum absolute atomic E-state index is 0.144. The van der Waals surface area contributed by atoms with Crippen molar-refractivity contribution in [1.29, 1.82) is 0 Å². The van der Waals surface area contributed by atoms with Crippen LogP contribution in [0.25, 0.3) is 11.1 Å². The molecule has 1 heterocycles. The van der Waals surface area contributed by atoms with Crippen LogP contribution in [0.2, 0.25) is 0 Å². The Kier molecular flexibility index (Phi) is 5.68. The van der Waals surface area contributed by atoms with Gasteiger partial charge in [-0.3, -0.25) is 0 Å². The summed E-state index contributed by atoms with van der Waals surface area (Å²) in [6.45, 7) is 0.144. The molecule has 0 aliphatic heterocycles. The SMILES string of the molecule is Fc1ccc(OCc2nnc(SCc3ccc(-c4ccccc4)cc3)o2)cc1. The zero-order valence-electron chi connectivity index (χ0n) is 14.9. The number of benzene rings is 3. The average molecular weight is 392 g/mol. The van der Waals surface area contributed by atoms with Crippen LogP contribution >= 0.6 is 11.8 Å². The first kappa shape index (κ1) is 18.3. The maximum absolute atomic E-state index is 12.9. The lowest BCUT2D eigenvalue weighted by Gasteiger charge is -2.03. The van der Waals surface area contributed by atoms with E-state index in [1.807, 2.05) is 18.2 Å². The topological polar surface area (TPSA) is 48.2 Å². The van der Waals surface area contributed by atoms with Gasteiger partial charge in [0.1, 0.15) is 11.6 Å². The minimum atomic E-state index is -0.305. The van der Waals surface area contributed by atoms with E-state index in [1.165, 1.54) is 40.6 Å². The van der Waals surface area contributed by atoms with Crippen LogP contribution < -0.4 is 4.74 Å². The Morgan fingerprint density at radius 1 is 0.821 bits per heavy atom. The van der Waals surface area contributed by atoms with Crippen molar-refractivity contribution in [1.82, 2.24) is 10.2 Å². The molecule has 28 heavy (non-hydrogen) atoms. The molecule has 0 N–H and O–H groups in total. The number of halogens is 1. The Morgan fingerprint density at radius 3 is 2.29 bits per heavy atom. The number of rotatable bonds is 7. The van der Waals surface area contributed by atoms with Crippen molar-refractivity contribution in [2.24, 2.45) is 0 Å². The summed E-state index contributed by atoms with van der Waals surface area (Å²) in [4.78, 5) is 0. The summed E-state index contributed by atoms with van der Waals surface area (Å²) in [5.74, 6) is 1.36. The smallest absolute Gasteiger partial charge is 0.277 e. The first-order chi connectivity index (χ1) is 13.8. The van der Waals surface area contributed by atoms with Crippen molar-refractivity contribution in [2.75, 3.05) is 0 Å². The zero-order valence-corrected chi connectivity index (χ0v) is 15.7. The van der Waals surface area contributed by atoms with Crippen LogP contribution in [0.4, 0.5) is 4.39 Å². The Bertz CT molecular complexity index is 1020. The van der Waals surface area contributed by atoms with Crippen LogP contribution in [0.15, 0.2) is 88.5 Å². The van der Waals surface area contributed by atoms with Gasteiger partial charge in [0, 0.05) is 5.75 Å². The Labute approximate surface area is 166 Å². The predicted molar refractivity (Wildman–Crippen MR) is 106 cm³/mol. The number of thioether (sulfide) groups is 1. The van der Waals surface area contributed by atoms with Crippen molar-refractivity contribution in [2.45, 2.75) is 17.6 Å². The van der Waals surface area contributed by atoms with Crippen molar-refractivity contribution in [3.05, 3.63) is 96.1 Å². The highest BCUT2D eigenvalue weighted by Crippen LogP contribution is 2.24. The summed E-state index contributed by atoms with van der Waals surface area (Å²) in [5.41, 5.74) is 3.56. The fourth-order valence-electron chi connectivity index (χ4n) is 2.60. The first-order valence-corrected chi connectivity index (χ1v) is 9.73. The molecule has 0 radical (unpaired) electrons. The van der Waals surface area contributed by atoms with Gasteiger partial charge in [0.05, 0.1) is 0 Å². The molecule has 0 aliphatic rings. The highest BCUT2D eigenvalue weighted by atomic mass is 32.2. The second-order valence-electron chi connectivity index (χ2n) is 6.06. The lowest BCUT2D eigenvalue weighted by Crippen LogP contribution is -1.95. The Morgan fingerprint density at radius 2 is 1.54 bits per heavy atom. The lowest BCUT2D eigenvalue weighted by molar-refractivity contribution is 0.252. The quantitative estimate of drug-likeness (QED) is 0.375. The van der Waals surface area contributed by atoms with E-state index in [9.17, 15) is 4.39 Å². The van der Waals surface area contributed by atoms with Crippen molar-refractivity contribution in [3.63, 3.8) is 0 Å². The van der Waals surface area contributed by atoms with E-state index in [2.05, 4.69) is 46.6 Å². The zero-order chi connectivity index (χ0) is 19.2. The highest BCUT2D eigenvalue weighted by molar-refractivity contribution is 7.98. The fourth-order valence-corrected chi connectivity index (χ4v) is 3.34. The van der Waals surface area contributed by atoms with Crippen molar-refractivity contribution in [3.8, 4) is 16.9 Å². The van der Waals surface area contributed by atoms with E-state index in [-0.39, 0.29) is 12.4 Å². The molecule has 4 rings (SSSR count). The lowest BCUT2D eigenvalue weighted by atomic mass is 10.0. The van der Waals surface area contributed by atoms with Gasteiger partial charge in [-0.05, 0) is 41.0 Å². The fraction of sp³-hybridized carbons (Fsp3) is 0.0909. The molecule has 4 nitrogen and oxygen atoms in total. The summed E-state index contributed by atoms with van der Waals surface area (Å²) >= 11 is 1.47. The third-order valence-electron chi connectivity index (χ3n) is 4.05. The Balaban J connectivity index is 1.30. The molecule has 3 aromatic carbocycles. The summed E-state index contributed by atoms with van der Waals surface area (Å²) < 4.78 is 24.0. The highest BCUT2D eigenvalue weighted by Gasteiger charge is 2.08. The number of nitrogens with zero attached hydrogens (tertiary/aromatic N) is 2. The van der Waals surface area contributed by atoms with E-state index < -0.39 is 0 Å². The van der Waals surface area contributed by atoms with Gasteiger partial charge in [0.15, 0.2) is 6.61 Å². The van der Waals surface area contributed by atoms with Crippen LogP contribution in [0.1, 0.15) is 11.5 Å². The van der Waals surface area contributed by atoms with Crippen LogP contribution in [0.3, 0.4) is 0 Å². The van der Waals surface area contributed by atoms with Crippen LogP contribution in [-0.2, 0) is 12.4 Å². The van der Waals surface area contributed by atoms with Gasteiger partial charge in [-0.2, -0.15) is 0 Å². The molecule has 4 aromatic rings. The van der Waals surface area contributed by atoms with Crippen LogP contribution in [-0.4, -0.2) is 10.2 Å². The maximum Gasteiger partial charge on any atom is 0.277 e. The third kappa shape index (κ3) is 4.78. The largest absolute Gasteiger partial charge is 0.484 e. The molecule has 0 atom stereocenters. The van der Waals surface area contributed by atoms with E-state index in [0.717, 1.165) is 5.75 Å². The summed E-state index contributed by atoms with van der Waals surface area (Å²) in [6.07, 6.45) is 0. The second kappa shape index (κ2) is 8.71. The van der Waals surface area contributed by atoms with Crippen LogP contribution in [0.5, 0.6) is 5.75 Å². The molecule has 0 unspecified atom stereocenters. The van der Waals surface area contributed by atoms with E-state index in [0.29, 0.717) is 16.9 Å². The van der Waals surface area contributed by atoms with Gasteiger partial charge in [0.2, 0.25) is 0 Å². The van der Waals surface area contributed by atoms with Crippen molar-refractivity contribution < 1.29 is 13.5 Å². The van der Waals surface area contributed by atoms with Gasteiger partial charge in [-0.1, -0.05) is 66.4 Å². The van der Waals surface area contributed by atoms with E-state index >= 15 is 0 Å². The Hall–Kier alpha value is -3.12. The molecule has 1 aromatic heterocycles. The van der Waals surface area contributed by atoms with Gasteiger partial charge in [-0.15, -0.1) is 10.2 Å². The maximum atomic E-state index is 12.9. The summed E-state index contributed by atoms with van der Waals surface area (Å²) in [5, 5.41) is 8.50. The predicted octanol–water partition coefficient (Wildman–Crippen LogP) is 5.75. The van der Waals surface area contributed by atoms with Gasteiger partial charge in [0.25, 0.3) is 11.1 Å². The number of ether oxygens (including phenoxy) is 1. The molecule has 140 valence electrons. The second-order valence-corrected chi connectivity index (χ2v) is 6.98. The summed E-state index contributed by atoms with van der Waals surface area (Å²) in [7, 11) is 0. The molecule has 0 aliphatic carbocycles. The minimum Gasteiger partial charge on any atom is -0.484 e. The van der Waals surface area contributed by atoms with Crippen LogP contribution in [0, 0.1) is 5.82 Å². The third-order valence-corrected chi connectivity index (χ3v) is 4.94. The normalized spacial score (nSPS) is 10.8. The van der Waals surface area contributed by atoms with Gasteiger partial charge in [-0.25, -0.2) is 4.39 Å². The molecule has 0 amide bonds. The molecule has 0 spiro atoms. The van der Waals surface area contributed by atoms with Gasteiger partial charge < -0.3 is 9.15 Å². The number of hydrogen-bond acceptors (Lipinski definition) is 5.